The number of thiophene rings is 1. The topological polar surface area (TPSA) is 0 Å². The number of alkyl halides is 1. The third kappa shape index (κ3) is 2.99. The molecule has 1 unspecified atom stereocenters. The van der Waals surface area contributed by atoms with Crippen LogP contribution in [-0.4, -0.2) is 0 Å². The molecule has 84 valence electrons. The van der Waals surface area contributed by atoms with Crippen LogP contribution < -0.4 is 0 Å². The van der Waals surface area contributed by atoms with Gasteiger partial charge >= 0.3 is 0 Å². The summed E-state index contributed by atoms with van der Waals surface area (Å²) in [5, 5.41) is 0. The van der Waals surface area contributed by atoms with Gasteiger partial charge in [-0.05, 0) is 51.8 Å². The number of halogens is 4. The van der Waals surface area contributed by atoms with E-state index in [1.165, 1.54) is 10.4 Å². The van der Waals surface area contributed by atoms with Crippen LogP contribution in [0.1, 0.15) is 15.3 Å². The lowest BCUT2D eigenvalue weighted by Gasteiger charge is -2.10. The minimum Gasteiger partial charge on any atom is -0.132 e. The quantitative estimate of drug-likeness (QED) is 0.421. The Morgan fingerprint density at radius 3 is 2.38 bits per heavy atom. The van der Waals surface area contributed by atoms with E-state index in [0.29, 0.717) is 0 Å². The molecule has 0 amide bonds. The molecule has 0 spiro atoms. The fraction of sp³-hybridized carbons (Fsp3) is 0.0909. The molecule has 0 aliphatic carbocycles. The van der Waals surface area contributed by atoms with Gasteiger partial charge in [0, 0.05) is 13.8 Å². The van der Waals surface area contributed by atoms with Crippen molar-refractivity contribution >= 4 is 75.1 Å². The van der Waals surface area contributed by atoms with Crippen molar-refractivity contribution in [2.45, 2.75) is 4.83 Å². The standard InChI is InChI=1S/C11H6Br4S/c12-6-1-2-8(13)7(5-6)11(15)9-3-4-10(14)16-9/h1-5,11H. The Kier molecular flexibility index (Phi) is 4.69. The predicted molar refractivity (Wildman–Crippen MR) is 84.6 cm³/mol. The second kappa shape index (κ2) is 5.65. The molecule has 0 radical (unpaired) electrons. The lowest BCUT2D eigenvalue weighted by Crippen LogP contribution is -1.91. The van der Waals surface area contributed by atoms with Crippen molar-refractivity contribution in [2.24, 2.45) is 0 Å². The molecule has 0 nitrogen and oxygen atoms in total. The van der Waals surface area contributed by atoms with Gasteiger partial charge in [0.25, 0.3) is 0 Å². The summed E-state index contributed by atoms with van der Waals surface area (Å²) < 4.78 is 3.35. The zero-order valence-electron chi connectivity index (χ0n) is 7.88. The molecule has 0 bridgehead atoms. The molecule has 0 fully saturated rings. The largest absolute Gasteiger partial charge is 0.132 e. The molecule has 1 aromatic heterocycles. The van der Waals surface area contributed by atoms with Crippen molar-refractivity contribution in [3.63, 3.8) is 0 Å². The SMILES string of the molecule is Brc1ccc(Br)c(C(Br)c2ccc(Br)s2)c1. The normalized spacial score (nSPS) is 12.8. The summed E-state index contributed by atoms with van der Waals surface area (Å²) in [5.74, 6) is 0. The molecule has 2 rings (SSSR count). The molecular weight excluding hydrogens is 484 g/mol. The Morgan fingerprint density at radius 2 is 1.75 bits per heavy atom. The Morgan fingerprint density at radius 1 is 1.00 bits per heavy atom. The predicted octanol–water partition coefficient (Wildman–Crippen LogP) is 6.52. The van der Waals surface area contributed by atoms with Gasteiger partial charge in [-0.3, -0.25) is 0 Å². The highest BCUT2D eigenvalue weighted by Gasteiger charge is 2.15. The molecular formula is C11H6Br4S. The molecule has 1 heterocycles. The third-order valence-corrected chi connectivity index (χ3v) is 6.27. The molecule has 2 aromatic rings. The molecule has 5 heteroatoms. The third-order valence-electron chi connectivity index (χ3n) is 2.07. The second-order valence-corrected chi connectivity index (χ2v) is 8.35. The summed E-state index contributed by atoms with van der Waals surface area (Å²) in [6.45, 7) is 0. The smallest absolute Gasteiger partial charge is 0.0749 e. The Balaban J connectivity index is 2.40. The van der Waals surface area contributed by atoms with E-state index >= 15 is 0 Å². The van der Waals surface area contributed by atoms with E-state index in [1.54, 1.807) is 11.3 Å². The fourth-order valence-corrected chi connectivity index (χ4v) is 4.72. The monoisotopic (exact) mass is 486 g/mol. The van der Waals surface area contributed by atoms with Gasteiger partial charge in [-0.25, -0.2) is 0 Å². The highest BCUT2D eigenvalue weighted by molar-refractivity contribution is 9.11. The number of hydrogen-bond donors (Lipinski definition) is 0. The van der Waals surface area contributed by atoms with Gasteiger partial charge in [0.05, 0.1) is 8.61 Å². The van der Waals surface area contributed by atoms with E-state index in [4.69, 9.17) is 0 Å². The van der Waals surface area contributed by atoms with Crippen molar-refractivity contribution in [3.8, 4) is 0 Å². The first-order chi connectivity index (χ1) is 7.58. The van der Waals surface area contributed by atoms with Crippen LogP contribution in [0, 0.1) is 0 Å². The van der Waals surface area contributed by atoms with E-state index in [9.17, 15) is 0 Å². The van der Waals surface area contributed by atoms with E-state index in [2.05, 4.69) is 88.0 Å². The van der Waals surface area contributed by atoms with Gasteiger partial charge in [0.1, 0.15) is 0 Å². The van der Waals surface area contributed by atoms with Crippen LogP contribution in [0.4, 0.5) is 0 Å². The summed E-state index contributed by atoms with van der Waals surface area (Å²) in [5.41, 5.74) is 1.23. The highest BCUT2D eigenvalue weighted by Crippen LogP contribution is 2.40. The second-order valence-electron chi connectivity index (χ2n) is 3.17. The summed E-state index contributed by atoms with van der Waals surface area (Å²) in [7, 11) is 0. The summed E-state index contributed by atoms with van der Waals surface area (Å²) in [4.78, 5) is 1.50. The summed E-state index contributed by atoms with van der Waals surface area (Å²) in [6, 6.07) is 10.4. The molecule has 0 aliphatic heterocycles. The van der Waals surface area contributed by atoms with Gasteiger partial charge in [-0.15, -0.1) is 11.3 Å². The number of rotatable bonds is 2. The van der Waals surface area contributed by atoms with Crippen LogP contribution >= 0.6 is 75.1 Å². The Labute approximate surface area is 132 Å². The zero-order valence-corrected chi connectivity index (χ0v) is 15.0. The summed E-state index contributed by atoms with van der Waals surface area (Å²) >= 11 is 16.0. The minimum atomic E-state index is 0.218. The average molecular weight is 490 g/mol. The van der Waals surface area contributed by atoms with Crippen molar-refractivity contribution in [1.29, 1.82) is 0 Å². The Bertz CT molecular complexity index is 506. The maximum atomic E-state index is 3.73. The van der Waals surface area contributed by atoms with E-state index in [0.717, 1.165) is 12.7 Å². The fourth-order valence-electron chi connectivity index (χ4n) is 1.33. The van der Waals surface area contributed by atoms with Crippen LogP contribution in [0.5, 0.6) is 0 Å². The lowest BCUT2D eigenvalue weighted by molar-refractivity contribution is 1.20. The van der Waals surface area contributed by atoms with Crippen molar-refractivity contribution in [3.05, 3.63) is 53.5 Å². The van der Waals surface area contributed by atoms with Gasteiger partial charge < -0.3 is 0 Å². The molecule has 0 saturated carbocycles. The Hall–Kier alpha value is 0.840. The first-order valence-corrected chi connectivity index (χ1v) is 8.53. The molecule has 16 heavy (non-hydrogen) atoms. The molecule has 0 N–H and O–H groups in total. The van der Waals surface area contributed by atoms with Crippen LogP contribution in [0.25, 0.3) is 0 Å². The maximum absolute atomic E-state index is 3.73. The number of hydrogen-bond acceptors (Lipinski definition) is 1. The zero-order chi connectivity index (χ0) is 11.7. The van der Waals surface area contributed by atoms with Crippen LogP contribution in [-0.2, 0) is 0 Å². The van der Waals surface area contributed by atoms with Crippen molar-refractivity contribution < 1.29 is 0 Å². The van der Waals surface area contributed by atoms with Gasteiger partial charge in [-0.1, -0.05) is 47.8 Å². The van der Waals surface area contributed by atoms with Crippen molar-refractivity contribution in [2.75, 3.05) is 0 Å². The summed E-state index contributed by atoms with van der Waals surface area (Å²) in [6.07, 6.45) is 0. The minimum absolute atomic E-state index is 0.218. The van der Waals surface area contributed by atoms with Crippen LogP contribution in [0.15, 0.2) is 43.1 Å². The van der Waals surface area contributed by atoms with Crippen LogP contribution in [0.3, 0.4) is 0 Å². The maximum Gasteiger partial charge on any atom is 0.0749 e. The van der Waals surface area contributed by atoms with E-state index < -0.39 is 0 Å². The first kappa shape index (κ1) is 13.3. The van der Waals surface area contributed by atoms with Gasteiger partial charge in [0.2, 0.25) is 0 Å². The molecule has 1 aromatic carbocycles. The van der Waals surface area contributed by atoms with E-state index in [-0.39, 0.29) is 4.83 Å². The lowest BCUT2D eigenvalue weighted by atomic mass is 10.1. The first-order valence-electron chi connectivity index (χ1n) is 4.42. The molecule has 1 atom stereocenters. The van der Waals surface area contributed by atoms with Crippen LogP contribution in [0.2, 0.25) is 0 Å². The van der Waals surface area contributed by atoms with Gasteiger partial charge in [0.15, 0.2) is 0 Å². The highest BCUT2D eigenvalue weighted by atomic mass is 79.9. The van der Waals surface area contributed by atoms with E-state index in [1.807, 2.05) is 6.07 Å². The molecule has 0 saturated heterocycles. The van der Waals surface area contributed by atoms with Gasteiger partial charge in [-0.2, -0.15) is 0 Å². The number of benzene rings is 1. The van der Waals surface area contributed by atoms with Crippen molar-refractivity contribution in [1.82, 2.24) is 0 Å². The average Bonchev–Trinajstić information content (AvgIpc) is 2.67. The molecule has 0 aliphatic rings.